The van der Waals surface area contributed by atoms with Gasteiger partial charge in [-0.1, -0.05) is 20.8 Å². The third-order valence-corrected chi connectivity index (χ3v) is 4.02. The summed E-state index contributed by atoms with van der Waals surface area (Å²) >= 11 is 0. The van der Waals surface area contributed by atoms with Gasteiger partial charge in [0.05, 0.1) is 0 Å². The molecule has 0 radical (unpaired) electrons. The first kappa shape index (κ1) is 11.9. The molecule has 48 valence electrons. The number of hydrogen-bond acceptors (Lipinski definition) is 0. The van der Waals surface area contributed by atoms with Crippen molar-refractivity contribution in [3.05, 3.63) is 0 Å². The molecule has 0 aliphatic rings. The monoisotopic (exact) mass is 166 g/mol. The Morgan fingerprint density at radius 3 is 1.12 bits per heavy atom. The second kappa shape index (κ2) is 8.14. The second-order valence-electron chi connectivity index (χ2n) is 1.62. The van der Waals surface area contributed by atoms with Gasteiger partial charge in [-0.2, -0.15) is 0 Å². The standard InChI is InChI=1S/C6H15P.Ti/c1-4-7(5-2)6-3;/h4-6H2,1-3H3;. The van der Waals surface area contributed by atoms with Crippen LogP contribution in [0, 0.1) is 0 Å². The van der Waals surface area contributed by atoms with E-state index in [1.54, 1.807) is 0 Å². The summed E-state index contributed by atoms with van der Waals surface area (Å²) in [7, 11) is 0.446. The van der Waals surface area contributed by atoms with Crippen molar-refractivity contribution in [3.8, 4) is 0 Å². The van der Waals surface area contributed by atoms with E-state index in [0.29, 0.717) is 7.92 Å². The first-order valence-electron chi connectivity index (χ1n) is 3.07. The molecule has 0 amide bonds. The van der Waals surface area contributed by atoms with Gasteiger partial charge in [-0.25, -0.2) is 0 Å². The van der Waals surface area contributed by atoms with Gasteiger partial charge in [0, 0.05) is 21.7 Å². The summed E-state index contributed by atoms with van der Waals surface area (Å²) in [5, 5.41) is 0. The third-order valence-electron chi connectivity index (χ3n) is 1.34. The molecule has 0 nitrogen and oxygen atoms in total. The number of rotatable bonds is 3. The molecule has 8 heavy (non-hydrogen) atoms. The van der Waals surface area contributed by atoms with E-state index < -0.39 is 0 Å². The molecule has 0 bridgehead atoms. The van der Waals surface area contributed by atoms with Crippen LogP contribution in [0.4, 0.5) is 0 Å². The van der Waals surface area contributed by atoms with Crippen molar-refractivity contribution in [1.29, 1.82) is 0 Å². The SMILES string of the molecule is CCP(CC)CC.[Ti]. The smallest absolute Gasteiger partial charge is 0 e. The summed E-state index contributed by atoms with van der Waals surface area (Å²) in [6, 6.07) is 0. The van der Waals surface area contributed by atoms with E-state index in [0.717, 1.165) is 0 Å². The van der Waals surface area contributed by atoms with Gasteiger partial charge in [-0.3, -0.25) is 0 Å². The predicted octanol–water partition coefficient (Wildman–Crippen LogP) is 2.53. The van der Waals surface area contributed by atoms with E-state index in [4.69, 9.17) is 0 Å². The minimum atomic E-state index is 0. The molecule has 0 fully saturated rings. The summed E-state index contributed by atoms with van der Waals surface area (Å²) in [5.74, 6) is 0. The molecule has 0 saturated heterocycles. The summed E-state index contributed by atoms with van der Waals surface area (Å²) < 4.78 is 0. The van der Waals surface area contributed by atoms with Crippen molar-refractivity contribution in [2.24, 2.45) is 0 Å². The van der Waals surface area contributed by atoms with E-state index >= 15 is 0 Å². The van der Waals surface area contributed by atoms with Crippen molar-refractivity contribution in [1.82, 2.24) is 0 Å². The Labute approximate surface area is 69.1 Å². The van der Waals surface area contributed by atoms with Crippen LogP contribution in [0.1, 0.15) is 20.8 Å². The maximum absolute atomic E-state index is 2.29. The van der Waals surface area contributed by atoms with Crippen molar-refractivity contribution < 1.29 is 21.7 Å². The minimum absolute atomic E-state index is 0. The Morgan fingerprint density at radius 1 is 0.875 bits per heavy atom. The van der Waals surface area contributed by atoms with E-state index in [2.05, 4.69) is 20.8 Å². The van der Waals surface area contributed by atoms with Gasteiger partial charge in [-0.15, -0.1) is 7.92 Å². The normalized spacial score (nSPS) is 9.00. The first-order valence-corrected chi connectivity index (χ1v) is 4.97. The predicted molar refractivity (Wildman–Crippen MR) is 38.5 cm³/mol. The summed E-state index contributed by atoms with van der Waals surface area (Å²) in [4.78, 5) is 0. The van der Waals surface area contributed by atoms with Gasteiger partial charge in [0.15, 0.2) is 0 Å². The van der Waals surface area contributed by atoms with Gasteiger partial charge < -0.3 is 0 Å². The molecule has 0 saturated carbocycles. The Balaban J connectivity index is 0. The summed E-state index contributed by atoms with van der Waals surface area (Å²) in [6.45, 7) is 6.87. The van der Waals surface area contributed by atoms with Crippen LogP contribution in [-0.4, -0.2) is 18.5 Å². The topological polar surface area (TPSA) is 0 Å². The molecule has 0 unspecified atom stereocenters. The maximum Gasteiger partial charge on any atom is 0 e. The quantitative estimate of drug-likeness (QED) is 0.446. The fraction of sp³-hybridized carbons (Fsp3) is 1.00. The van der Waals surface area contributed by atoms with Gasteiger partial charge in [0.25, 0.3) is 0 Å². The molecule has 0 aliphatic carbocycles. The minimum Gasteiger partial charge on any atom is -0.108 e. The van der Waals surface area contributed by atoms with Crippen molar-refractivity contribution in [3.63, 3.8) is 0 Å². The maximum atomic E-state index is 2.29. The van der Waals surface area contributed by atoms with Crippen LogP contribution < -0.4 is 0 Å². The fourth-order valence-corrected chi connectivity index (χ4v) is 2.01. The van der Waals surface area contributed by atoms with Crippen molar-refractivity contribution >= 4 is 7.92 Å². The van der Waals surface area contributed by atoms with Crippen molar-refractivity contribution in [2.75, 3.05) is 18.5 Å². The Kier molecular flexibility index (Phi) is 12.1. The average Bonchev–Trinajstić information content (AvgIpc) is 1.72. The molecule has 0 aromatic heterocycles. The average molecular weight is 166 g/mol. The molecule has 0 N–H and O–H groups in total. The van der Waals surface area contributed by atoms with Crippen LogP contribution in [0.2, 0.25) is 0 Å². The van der Waals surface area contributed by atoms with E-state index in [-0.39, 0.29) is 21.7 Å². The largest absolute Gasteiger partial charge is 0.108 e. The Hall–Kier alpha value is 1.14. The van der Waals surface area contributed by atoms with Gasteiger partial charge >= 0.3 is 0 Å². The van der Waals surface area contributed by atoms with Gasteiger partial charge in [-0.05, 0) is 18.5 Å². The molecule has 0 aromatic rings. The van der Waals surface area contributed by atoms with Gasteiger partial charge in [0.1, 0.15) is 0 Å². The fourth-order valence-electron chi connectivity index (χ4n) is 0.671. The molecular weight excluding hydrogens is 151 g/mol. The van der Waals surface area contributed by atoms with Crippen LogP contribution in [0.25, 0.3) is 0 Å². The van der Waals surface area contributed by atoms with Gasteiger partial charge in [0.2, 0.25) is 0 Å². The molecule has 0 heterocycles. The zero-order chi connectivity index (χ0) is 5.70. The summed E-state index contributed by atoms with van der Waals surface area (Å²) in [6.07, 6.45) is 4.26. The van der Waals surface area contributed by atoms with Crippen LogP contribution in [-0.2, 0) is 21.7 Å². The number of hydrogen-bond donors (Lipinski definition) is 0. The van der Waals surface area contributed by atoms with Crippen molar-refractivity contribution in [2.45, 2.75) is 20.8 Å². The second-order valence-corrected chi connectivity index (χ2v) is 4.86. The molecule has 0 atom stereocenters. The van der Waals surface area contributed by atoms with Crippen LogP contribution in [0.5, 0.6) is 0 Å². The Bertz CT molecular complexity index is 30.0. The zero-order valence-corrected chi connectivity index (χ0v) is 8.52. The van der Waals surface area contributed by atoms with Crippen LogP contribution >= 0.6 is 7.92 Å². The third kappa shape index (κ3) is 5.28. The molecule has 0 spiro atoms. The zero-order valence-electron chi connectivity index (χ0n) is 6.07. The molecule has 0 aliphatic heterocycles. The Morgan fingerprint density at radius 2 is 1.12 bits per heavy atom. The molecule has 2 heteroatoms. The van der Waals surface area contributed by atoms with E-state index in [1.165, 1.54) is 18.5 Å². The summed E-state index contributed by atoms with van der Waals surface area (Å²) in [5.41, 5.74) is 0. The van der Waals surface area contributed by atoms with Crippen LogP contribution in [0.15, 0.2) is 0 Å². The molecule has 0 aromatic carbocycles. The molecule has 0 rings (SSSR count). The van der Waals surface area contributed by atoms with Crippen LogP contribution in [0.3, 0.4) is 0 Å². The molecular formula is C6H15PTi. The van der Waals surface area contributed by atoms with E-state index in [9.17, 15) is 0 Å². The first-order chi connectivity index (χ1) is 3.35. The van der Waals surface area contributed by atoms with E-state index in [1.807, 2.05) is 0 Å².